The summed E-state index contributed by atoms with van der Waals surface area (Å²) in [5.74, 6) is 0.737. The van der Waals surface area contributed by atoms with Crippen molar-refractivity contribution in [3.63, 3.8) is 0 Å². The van der Waals surface area contributed by atoms with Crippen LogP contribution in [0.2, 0.25) is 0 Å². The van der Waals surface area contributed by atoms with Crippen LogP contribution in [0.15, 0.2) is 65.0 Å². The third-order valence-corrected chi connectivity index (χ3v) is 9.00. The van der Waals surface area contributed by atoms with Crippen molar-refractivity contribution >= 4 is 56.7 Å². The van der Waals surface area contributed by atoms with Gasteiger partial charge in [-0.25, -0.2) is 9.88 Å². The van der Waals surface area contributed by atoms with E-state index in [4.69, 9.17) is 4.74 Å². The molecule has 1 saturated heterocycles. The Bertz CT molecular complexity index is 1310. The van der Waals surface area contributed by atoms with E-state index in [0.717, 1.165) is 26.7 Å². The van der Waals surface area contributed by atoms with E-state index in [1.54, 1.807) is 6.07 Å². The van der Waals surface area contributed by atoms with Crippen LogP contribution in [0.25, 0.3) is 10.2 Å². The number of carbonyl (C=O) groups is 3. The quantitative estimate of drug-likeness (QED) is 0.216. The number of amides is 3. The van der Waals surface area contributed by atoms with E-state index in [-0.39, 0.29) is 47.1 Å². The van der Waals surface area contributed by atoms with Crippen LogP contribution in [0.1, 0.15) is 6.42 Å². The SMILES string of the molecule is O=C(CSc1nc2ccc(N3C(=O)[C@@H]4[C@H](C3=O)[C@H]3C=C[C@H]4C3)cc2s1)NCCOc1ccccc1. The number of hydrogen-bond donors (Lipinski definition) is 1. The molecule has 0 spiro atoms. The molecule has 2 bridgehead atoms. The van der Waals surface area contributed by atoms with Crippen molar-refractivity contribution < 1.29 is 19.1 Å². The molecule has 1 saturated carbocycles. The Balaban J connectivity index is 1.05. The van der Waals surface area contributed by atoms with Crippen molar-refractivity contribution in [2.75, 3.05) is 23.8 Å². The van der Waals surface area contributed by atoms with Crippen molar-refractivity contribution in [3.05, 3.63) is 60.7 Å². The number of imide groups is 1. The maximum absolute atomic E-state index is 13.1. The summed E-state index contributed by atoms with van der Waals surface area (Å²) in [5.41, 5.74) is 1.40. The van der Waals surface area contributed by atoms with E-state index in [0.29, 0.717) is 18.8 Å². The van der Waals surface area contributed by atoms with Gasteiger partial charge in [0, 0.05) is 0 Å². The second-order valence-corrected chi connectivity index (χ2v) is 11.2. The van der Waals surface area contributed by atoms with Gasteiger partial charge in [-0.2, -0.15) is 0 Å². The molecular weight excluding hydrogens is 482 g/mol. The molecule has 9 heteroatoms. The molecule has 178 valence electrons. The van der Waals surface area contributed by atoms with Crippen LogP contribution in [0, 0.1) is 23.7 Å². The number of aromatic nitrogens is 1. The summed E-state index contributed by atoms with van der Waals surface area (Å²) >= 11 is 2.83. The van der Waals surface area contributed by atoms with Crippen molar-refractivity contribution in [2.45, 2.75) is 10.8 Å². The molecule has 2 fully saturated rings. The number of thioether (sulfide) groups is 1. The summed E-state index contributed by atoms with van der Waals surface area (Å²) in [4.78, 5) is 44.4. The van der Waals surface area contributed by atoms with Crippen LogP contribution >= 0.6 is 23.1 Å². The molecule has 3 aliphatic rings. The number of fused-ring (bicyclic) bond motifs is 6. The largest absolute Gasteiger partial charge is 0.492 e. The predicted octanol–water partition coefficient (Wildman–Crippen LogP) is 3.90. The molecular formula is C26H23N3O4S2. The molecule has 3 amide bonds. The zero-order chi connectivity index (χ0) is 23.9. The van der Waals surface area contributed by atoms with Gasteiger partial charge in [-0.05, 0) is 48.6 Å². The number of anilines is 1. The first-order valence-electron chi connectivity index (χ1n) is 11.6. The molecule has 7 nitrogen and oxygen atoms in total. The van der Waals surface area contributed by atoms with Gasteiger partial charge in [0.2, 0.25) is 17.7 Å². The Morgan fingerprint density at radius 3 is 2.57 bits per heavy atom. The van der Waals surface area contributed by atoms with Crippen LogP contribution in [0.3, 0.4) is 0 Å². The minimum Gasteiger partial charge on any atom is -0.492 e. The fourth-order valence-electron chi connectivity index (χ4n) is 5.30. The Morgan fingerprint density at radius 2 is 1.83 bits per heavy atom. The number of ether oxygens (including phenoxy) is 1. The summed E-state index contributed by atoms with van der Waals surface area (Å²) in [6.07, 6.45) is 5.12. The number of nitrogens with one attached hydrogen (secondary N) is 1. The maximum atomic E-state index is 13.1. The lowest BCUT2D eigenvalue weighted by Gasteiger charge is -2.17. The first kappa shape index (κ1) is 22.3. The summed E-state index contributed by atoms with van der Waals surface area (Å²) in [6.45, 7) is 0.826. The van der Waals surface area contributed by atoms with Gasteiger partial charge in [0.25, 0.3) is 0 Å². The second kappa shape index (κ2) is 9.13. The van der Waals surface area contributed by atoms with Gasteiger partial charge >= 0.3 is 0 Å². The lowest BCUT2D eigenvalue weighted by atomic mass is 9.85. The number of allylic oxidation sites excluding steroid dienone is 2. The number of carbonyl (C=O) groups excluding carboxylic acids is 3. The molecule has 6 rings (SSSR count). The highest BCUT2D eigenvalue weighted by molar-refractivity contribution is 8.01. The van der Waals surface area contributed by atoms with Crippen molar-refractivity contribution in [3.8, 4) is 5.75 Å². The van der Waals surface area contributed by atoms with Crippen LogP contribution in [-0.2, 0) is 14.4 Å². The number of hydrogen-bond acceptors (Lipinski definition) is 7. The molecule has 2 heterocycles. The molecule has 1 aromatic heterocycles. The Labute approximate surface area is 210 Å². The Kier molecular flexibility index (Phi) is 5.82. The highest BCUT2D eigenvalue weighted by Gasteiger charge is 2.59. The minimum atomic E-state index is -0.211. The minimum absolute atomic E-state index is 0.0803. The summed E-state index contributed by atoms with van der Waals surface area (Å²) in [6, 6.07) is 15.0. The van der Waals surface area contributed by atoms with Crippen LogP contribution < -0.4 is 15.0 Å². The first-order valence-corrected chi connectivity index (χ1v) is 13.4. The van der Waals surface area contributed by atoms with Crippen LogP contribution in [0.5, 0.6) is 5.75 Å². The highest BCUT2D eigenvalue weighted by atomic mass is 32.2. The van der Waals surface area contributed by atoms with Crippen molar-refractivity contribution in [1.29, 1.82) is 0 Å². The molecule has 4 atom stereocenters. The van der Waals surface area contributed by atoms with Crippen LogP contribution in [-0.4, -0.2) is 41.6 Å². The Hall–Kier alpha value is -3.17. The molecule has 3 aromatic rings. The van der Waals surface area contributed by atoms with Gasteiger partial charge in [-0.1, -0.05) is 42.1 Å². The van der Waals surface area contributed by atoms with Crippen LogP contribution in [0.4, 0.5) is 5.69 Å². The van der Waals surface area contributed by atoms with E-state index < -0.39 is 0 Å². The molecule has 1 N–H and O–H groups in total. The monoisotopic (exact) mass is 505 g/mol. The maximum Gasteiger partial charge on any atom is 0.238 e. The average Bonchev–Trinajstić information content (AvgIpc) is 3.63. The third-order valence-electron chi connectivity index (χ3n) is 6.84. The molecule has 2 aliphatic carbocycles. The standard InChI is InChI=1S/C26H23N3O4S2/c30-21(27-10-11-33-18-4-2-1-3-5-18)14-34-26-28-19-9-8-17(13-20(19)35-26)29-24(31)22-15-6-7-16(12-15)23(22)25(29)32/h1-9,13,15-16,22-23H,10-12,14H2,(H,27,30)/t15-,16-,22-,23+/m0/s1. The van der Waals surface area contributed by atoms with E-state index >= 15 is 0 Å². The number of thiazole rings is 1. The number of para-hydroxylation sites is 1. The normalized spacial score (nSPS) is 24.4. The summed E-state index contributed by atoms with van der Waals surface area (Å²) < 4.78 is 7.24. The fraction of sp³-hybridized carbons (Fsp3) is 0.308. The van der Waals surface area contributed by atoms with Crippen molar-refractivity contribution in [2.24, 2.45) is 23.7 Å². The summed E-state index contributed by atoms with van der Waals surface area (Å²) in [5, 5.41) is 2.85. The zero-order valence-electron chi connectivity index (χ0n) is 18.8. The van der Waals surface area contributed by atoms with E-state index in [2.05, 4.69) is 22.5 Å². The summed E-state index contributed by atoms with van der Waals surface area (Å²) in [7, 11) is 0. The Morgan fingerprint density at radius 1 is 1.09 bits per heavy atom. The lowest BCUT2D eigenvalue weighted by molar-refractivity contribution is -0.123. The van der Waals surface area contributed by atoms with Gasteiger partial charge in [-0.3, -0.25) is 14.4 Å². The van der Waals surface area contributed by atoms with Gasteiger partial charge < -0.3 is 10.1 Å². The van der Waals surface area contributed by atoms with E-state index in [9.17, 15) is 14.4 Å². The van der Waals surface area contributed by atoms with E-state index in [1.165, 1.54) is 28.0 Å². The van der Waals surface area contributed by atoms with Gasteiger partial charge in [-0.15, -0.1) is 11.3 Å². The molecule has 0 unspecified atom stereocenters. The van der Waals surface area contributed by atoms with Gasteiger partial charge in [0.15, 0.2) is 4.34 Å². The van der Waals surface area contributed by atoms with Crippen molar-refractivity contribution in [1.82, 2.24) is 10.3 Å². The fourth-order valence-corrected chi connectivity index (χ4v) is 7.24. The van der Waals surface area contributed by atoms with Gasteiger partial charge in [0.05, 0.1) is 40.0 Å². The molecule has 35 heavy (non-hydrogen) atoms. The zero-order valence-corrected chi connectivity index (χ0v) is 20.4. The predicted molar refractivity (Wildman–Crippen MR) is 136 cm³/mol. The lowest BCUT2D eigenvalue weighted by Crippen LogP contribution is -2.32. The number of benzene rings is 2. The molecule has 1 aliphatic heterocycles. The molecule has 2 aromatic carbocycles. The first-order chi connectivity index (χ1) is 17.1. The number of nitrogens with zero attached hydrogens (tertiary/aromatic N) is 2. The third kappa shape index (κ3) is 4.12. The van der Waals surface area contributed by atoms with E-state index in [1.807, 2.05) is 42.5 Å². The topological polar surface area (TPSA) is 88.6 Å². The second-order valence-electron chi connectivity index (χ2n) is 8.94. The average molecular weight is 506 g/mol. The number of rotatable bonds is 8. The smallest absolute Gasteiger partial charge is 0.238 e. The highest BCUT2D eigenvalue weighted by Crippen LogP contribution is 2.53. The molecule has 0 radical (unpaired) electrons. The van der Waals surface area contributed by atoms with Gasteiger partial charge in [0.1, 0.15) is 12.4 Å².